The summed E-state index contributed by atoms with van der Waals surface area (Å²) < 4.78 is 12.8. The normalized spacial score (nSPS) is 20.4. The summed E-state index contributed by atoms with van der Waals surface area (Å²) in [6.45, 7) is 0.730. The molecular weight excluding hydrogens is 352 g/mol. The molecule has 2 unspecified atom stereocenters. The molecule has 4 rings (SSSR count). The average Bonchev–Trinajstić information content (AvgIpc) is 3.11. The topological polar surface area (TPSA) is 18.5 Å². The fraction of sp³-hybridized carbons (Fsp3) is 0.294. The molecule has 0 N–H and O–H groups in total. The summed E-state index contributed by atoms with van der Waals surface area (Å²) in [5.41, 5.74) is 3.47. The zero-order valence-electron chi connectivity index (χ0n) is 11.3. The van der Waals surface area contributed by atoms with Gasteiger partial charge in [0.25, 0.3) is 0 Å². The third-order valence-corrected chi connectivity index (χ3v) is 5.05. The molecule has 2 aliphatic heterocycles. The molecule has 2 nitrogen and oxygen atoms in total. The van der Waals surface area contributed by atoms with E-state index < -0.39 is 0 Å². The molecule has 0 spiro atoms. The molecule has 0 amide bonds. The first-order valence-electron chi connectivity index (χ1n) is 7.06. The van der Waals surface area contributed by atoms with E-state index in [1.54, 1.807) is 0 Å². The SMILES string of the molecule is ClC(c1cc(Br)cc2c1OCC2)C1Cc2ccccc2O1. The maximum Gasteiger partial charge on any atom is 0.127 e. The van der Waals surface area contributed by atoms with Crippen LogP contribution in [-0.4, -0.2) is 12.7 Å². The van der Waals surface area contributed by atoms with E-state index in [-0.39, 0.29) is 11.5 Å². The van der Waals surface area contributed by atoms with Gasteiger partial charge >= 0.3 is 0 Å². The molecule has 0 fully saturated rings. The zero-order valence-corrected chi connectivity index (χ0v) is 13.7. The highest BCUT2D eigenvalue weighted by Gasteiger charge is 2.33. The van der Waals surface area contributed by atoms with Crippen molar-refractivity contribution in [3.05, 3.63) is 57.6 Å². The first-order chi connectivity index (χ1) is 10.2. The smallest absolute Gasteiger partial charge is 0.127 e. The van der Waals surface area contributed by atoms with Crippen LogP contribution < -0.4 is 9.47 Å². The van der Waals surface area contributed by atoms with E-state index in [9.17, 15) is 0 Å². The molecular formula is C17H14BrClO2. The number of rotatable bonds is 2. The van der Waals surface area contributed by atoms with Crippen LogP contribution in [0, 0.1) is 0 Å². The van der Waals surface area contributed by atoms with Crippen LogP contribution in [0.5, 0.6) is 11.5 Å². The van der Waals surface area contributed by atoms with Crippen molar-refractivity contribution < 1.29 is 9.47 Å². The van der Waals surface area contributed by atoms with Crippen LogP contribution in [0.1, 0.15) is 22.1 Å². The van der Waals surface area contributed by atoms with E-state index in [2.05, 4.69) is 28.1 Å². The van der Waals surface area contributed by atoms with E-state index in [4.69, 9.17) is 21.1 Å². The van der Waals surface area contributed by atoms with E-state index >= 15 is 0 Å². The average molecular weight is 366 g/mol. The molecule has 108 valence electrons. The Morgan fingerprint density at radius 2 is 2.05 bits per heavy atom. The Hall–Kier alpha value is -1.19. The summed E-state index contributed by atoms with van der Waals surface area (Å²) in [5.74, 6) is 1.89. The lowest BCUT2D eigenvalue weighted by Gasteiger charge is -2.20. The summed E-state index contributed by atoms with van der Waals surface area (Å²) >= 11 is 10.3. The number of halogens is 2. The van der Waals surface area contributed by atoms with Crippen molar-refractivity contribution in [2.24, 2.45) is 0 Å². The van der Waals surface area contributed by atoms with Crippen LogP contribution in [-0.2, 0) is 12.8 Å². The summed E-state index contributed by atoms with van der Waals surface area (Å²) in [6.07, 6.45) is 1.73. The molecule has 0 aliphatic carbocycles. The van der Waals surface area contributed by atoms with Gasteiger partial charge in [-0.1, -0.05) is 34.1 Å². The molecule has 0 saturated carbocycles. The van der Waals surface area contributed by atoms with Gasteiger partial charge in [0.1, 0.15) is 17.6 Å². The molecule has 2 aliphatic rings. The van der Waals surface area contributed by atoms with Crippen LogP contribution in [0.4, 0.5) is 0 Å². The number of hydrogen-bond acceptors (Lipinski definition) is 2. The second-order valence-corrected chi connectivity index (χ2v) is 6.84. The predicted molar refractivity (Wildman–Crippen MR) is 86.5 cm³/mol. The Balaban J connectivity index is 1.67. The predicted octanol–water partition coefficient (Wildman–Crippen LogP) is 4.67. The Kier molecular flexibility index (Phi) is 3.35. The fourth-order valence-electron chi connectivity index (χ4n) is 3.08. The summed E-state index contributed by atoms with van der Waals surface area (Å²) in [5, 5.41) is -0.221. The number of ether oxygens (including phenoxy) is 2. The number of hydrogen-bond donors (Lipinski definition) is 0. The largest absolute Gasteiger partial charge is 0.493 e. The Labute approximate surface area is 137 Å². The number of fused-ring (bicyclic) bond motifs is 2. The third kappa shape index (κ3) is 2.33. The molecule has 4 heteroatoms. The number of benzene rings is 2. The van der Waals surface area contributed by atoms with Crippen molar-refractivity contribution in [1.29, 1.82) is 0 Å². The van der Waals surface area contributed by atoms with Gasteiger partial charge in [0, 0.05) is 22.9 Å². The molecule has 0 aromatic heterocycles. The Bertz CT molecular complexity index is 676. The van der Waals surface area contributed by atoms with Crippen molar-refractivity contribution in [1.82, 2.24) is 0 Å². The monoisotopic (exact) mass is 364 g/mol. The van der Waals surface area contributed by atoms with Crippen molar-refractivity contribution >= 4 is 27.5 Å². The third-order valence-electron chi connectivity index (χ3n) is 4.07. The van der Waals surface area contributed by atoms with E-state index in [1.165, 1.54) is 11.1 Å². The highest BCUT2D eigenvalue weighted by molar-refractivity contribution is 9.10. The van der Waals surface area contributed by atoms with Crippen molar-refractivity contribution in [2.75, 3.05) is 6.61 Å². The minimum Gasteiger partial charge on any atom is -0.493 e. The van der Waals surface area contributed by atoms with E-state index in [0.29, 0.717) is 0 Å². The molecule has 0 bridgehead atoms. The molecule has 2 aromatic rings. The molecule has 2 atom stereocenters. The highest BCUT2D eigenvalue weighted by Crippen LogP contribution is 2.43. The number of para-hydroxylation sites is 1. The summed E-state index contributed by atoms with van der Waals surface area (Å²) in [4.78, 5) is 0. The van der Waals surface area contributed by atoms with Crippen molar-refractivity contribution in [3.63, 3.8) is 0 Å². The standard InChI is InChI=1S/C17H14BrClO2/c18-12-7-11-5-6-20-17(11)13(9-12)16(19)15-8-10-3-1-2-4-14(10)21-15/h1-4,7,9,15-16H,5-6,8H2. The second kappa shape index (κ2) is 5.22. The quantitative estimate of drug-likeness (QED) is 0.720. The first-order valence-corrected chi connectivity index (χ1v) is 8.29. The van der Waals surface area contributed by atoms with E-state index in [1.807, 2.05) is 24.3 Å². The molecule has 0 radical (unpaired) electrons. The van der Waals surface area contributed by atoms with Gasteiger partial charge in [0.05, 0.1) is 12.0 Å². The number of alkyl halides is 1. The van der Waals surface area contributed by atoms with Crippen LogP contribution in [0.15, 0.2) is 40.9 Å². The maximum atomic E-state index is 6.73. The van der Waals surface area contributed by atoms with Gasteiger partial charge in [-0.3, -0.25) is 0 Å². The van der Waals surface area contributed by atoms with Crippen molar-refractivity contribution in [2.45, 2.75) is 24.3 Å². The lowest BCUT2D eigenvalue weighted by molar-refractivity contribution is 0.225. The van der Waals surface area contributed by atoms with Gasteiger partial charge < -0.3 is 9.47 Å². The van der Waals surface area contributed by atoms with Gasteiger partial charge in [0.2, 0.25) is 0 Å². The van der Waals surface area contributed by atoms with Crippen molar-refractivity contribution in [3.8, 4) is 11.5 Å². The zero-order chi connectivity index (χ0) is 14.4. The minimum atomic E-state index is -0.221. The van der Waals surface area contributed by atoms with E-state index in [0.717, 1.165) is 41.0 Å². The van der Waals surface area contributed by atoms with Gasteiger partial charge in [-0.05, 0) is 29.3 Å². The van der Waals surface area contributed by atoms with Crippen LogP contribution in [0.3, 0.4) is 0 Å². The lowest BCUT2D eigenvalue weighted by Crippen LogP contribution is -2.20. The van der Waals surface area contributed by atoms with Crippen LogP contribution in [0.25, 0.3) is 0 Å². The molecule has 0 saturated heterocycles. The minimum absolute atomic E-state index is 0.0494. The fourth-order valence-corrected chi connectivity index (χ4v) is 3.90. The van der Waals surface area contributed by atoms with Gasteiger partial charge in [-0.15, -0.1) is 11.6 Å². The molecule has 21 heavy (non-hydrogen) atoms. The van der Waals surface area contributed by atoms with Gasteiger partial charge in [0.15, 0.2) is 0 Å². The molecule has 2 aromatic carbocycles. The van der Waals surface area contributed by atoms with Crippen LogP contribution >= 0.6 is 27.5 Å². The first kappa shape index (κ1) is 13.5. The summed E-state index contributed by atoms with van der Waals surface area (Å²) in [7, 11) is 0. The maximum absolute atomic E-state index is 6.73. The highest BCUT2D eigenvalue weighted by atomic mass is 79.9. The second-order valence-electron chi connectivity index (χ2n) is 5.45. The lowest BCUT2D eigenvalue weighted by atomic mass is 9.99. The summed E-state index contributed by atoms with van der Waals surface area (Å²) in [6, 6.07) is 12.3. The van der Waals surface area contributed by atoms with Gasteiger partial charge in [-0.2, -0.15) is 0 Å². The Morgan fingerprint density at radius 3 is 2.90 bits per heavy atom. The van der Waals surface area contributed by atoms with Gasteiger partial charge in [-0.25, -0.2) is 0 Å². The Morgan fingerprint density at radius 1 is 1.19 bits per heavy atom. The van der Waals surface area contributed by atoms with Crippen LogP contribution in [0.2, 0.25) is 0 Å². The molecule has 2 heterocycles.